The number of carbonyl (C=O) groups is 1. The first-order valence-electron chi connectivity index (χ1n) is 10.6. The molecule has 1 aromatic heterocycles. The van der Waals surface area contributed by atoms with Gasteiger partial charge in [0.15, 0.2) is 15.0 Å². The molecular weight excluding hydrogens is 480 g/mol. The van der Waals surface area contributed by atoms with Crippen molar-refractivity contribution in [1.82, 2.24) is 9.88 Å². The van der Waals surface area contributed by atoms with Crippen molar-refractivity contribution in [3.05, 3.63) is 57.6 Å². The molecule has 0 aliphatic carbocycles. The topological polar surface area (TPSA) is 123 Å². The Kier molecular flexibility index (Phi) is 6.94. The van der Waals surface area contributed by atoms with E-state index in [-0.39, 0.29) is 22.7 Å². The molecule has 0 spiro atoms. The normalized spacial score (nSPS) is 14.9. The Labute approximate surface area is 200 Å². The van der Waals surface area contributed by atoms with Crippen LogP contribution in [0.15, 0.2) is 41.3 Å². The van der Waals surface area contributed by atoms with E-state index in [0.29, 0.717) is 40.7 Å². The number of nitro groups is 1. The highest BCUT2D eigenvalue weighted by atomic mass is 32.2. The smallest absolute Gasteiger partial charge is 0.273 e. The van der Waals surface area contributed by atoms with Gasteiger partial charge in [0, 0.05) is 49.6 Å². The van der Waals surface area contributed by atoms with Gasteiger partial charge in [-0.05, 0) is 25.1 Å². The van der Waals surface area contributed by atoms with Crippen LogP contribution < -0.4 is 4.90 Å². The lowest BCUT2D eigenvalue weighted by molar-refractivity contribution is -0.385. The van der Waals surface area contributed by atoms with Crippen LogP contribution in [0, 0.1) is 17.0 Å². The first kappa shape index (κ1) is 24.2. The number of nitrogens with zero attached hydrogens (tertiary/aromatic N) is 4. The number of fused-ring (bicyclic) bond motifs is 1. The molecule has 10 nitrogen and oxygen atoms in total. The van der Waals surface area contributed by atoms with Crippen molar-refractivity contribution in [3.8, 4) is 0 Å². The fraction of sp³-hybridized carbons (Fsp3) is 0.364. The van der Waals surface area contributed by atoms with E-state index >= 15 is 0 Å². The van der Waals surface area contributed by atoms with E-state index in [0.717, 1.165) is 19.3 Å². The van der Waals surface area contributed by atoms with E-state index in [9.17, 15) is 23.3 Å². The lowest BCUT2D eigenvalue weighted by atomic mass is 10.1. The average molecular weight is 505 g/mol. The largest absolute Gasteiger partial charge is 0.379 e. The number of aromatic nitrogens is 1. The van der Waals surface area contributed by atoms with Gasteiger partial charge >= 0.3 is 0 Å². The van der Waals surface area contributed by atoms with Crippen molar-refractivity contribution in [2.24, 2.45) is 0 Å². The summed E-state index contributed by atoms with van der Waals surface area (Å²) >= 11 is 1.21. The number of benzene rings is 2. The SMILES string of the molecule is Cc1ccc(C(=O)N(CCN2CCOCC2)c2nc3c(S(C)(=O)=O)cccc3s2)cc1[N+](=O)[O-]. The second-order valence-electron chi connectivity index (χ2n) is 8.04. The third-order valence-corrected chi connectivity index (χ3v) is 7.81. The number of carbonyl (C=O) groups excluding carboxylic acids is 1. The van der Waals surface area contributed by atoms with Gasteiger partial charge in [0.05, 0.1) is 27.7 Å². The molecule has 1 saturated heterocycles. The number of rotatable bonds is 7. The number of ether oxygens (including phenoxy) is 1. The van der Waals surface area contributed by atoms with Gasteiger partial charge < -0.3 is 4.74 Å². The van der Waals surface area contributed by atoms with Gasteiger partial charge in [-0.1, -0.05) is 23.5 Å². The summed E-state index contributed by atoms with van der Waals surface area (Å²) in [6.45, 7) is 5.13. The van der Waals surface area contributed by atoms with Crippen LogP contribution in [-0.4, -0.2) is 74.8 Å². The van der Waals surface area contributed by atoms with E-state index in [2.05, 4.69) is 9.88 Å². The van der Waals surface area contributed by atoms with Gasteiger partial charge in [-0.25, -0.2) is 13.4 Å². The highest BCUT2D eigenvalue weighted by Crippen LogP contribution is 2.33. The predicted molar refractivity (Wildman–Crippen MR) is 129 cm³/mol. The minimum Gasteiger partial charge on any atom is -0.379 e. The van der Waals surface area contributed by atoms with Crippen LogP contribution in [0.3, 0.4) is 0 Å². The Balaban J connectivity index is 1.74. The number of anilines is 1. The Bertz CT molecular complexity index is 1350. The molecule has 34 heavy (non-hydrogen) atoms. The maximum Gasteiger partial charge on any atom is 0.273 e. The molecule has 1 aliphatic rings. The average Bonchev–Trinajstić information content (AvgIpc) is 3.23. The molecule has 1 amide bonds. The second kappa shape index (κ2) is 9.74. The number of hydrogen-bond acceptors (Lipinski definition) is 9. The molecule has 180 valence electrons. The molecule has 0 bridgehead atoms. The maximum atomic E-state index is 13.6. The zero-order valence-corrected chi connectivity index (χ0v) is 20.4. The van der Waals surface area contributed by atoms with Crippen molar-refractivity contribution in [2.75, 3.05) is 50.5 Å². The van der Waals surface area contributed by atoms with Crippen LogP contribution >= 0.6 is 11.3 Å². The third kappa shape index (κ3) is 5.09. The number of morpholine rings is 1. The van der Waals surface area contributed by atoms with Crippen molar-refractivity contribution in [1.29, 1.82) is 0 Å². The molecule has 0 unspecified atom stereocenters. The van der Waals surface area contributed by atoms with Gasteiger partial charge in [-0.3, -0.25) is 24.7 Å². The third-order valence-electron chi connectivity index (χ3n) is 5.64. The highest BCUT2D eigenvalue weighted by molar-refractivity contribution is 7.91. The minimum atomic E-state index is -3.52. The molecule has 2 heterocycles. The highest BCUT2D eigenvalue weighted by Gasteiger charge is 2.26. The number of para-hydroxylation sites is 1. The number of thiazole rings is 1. The van der Waals surface area contributed by atoms with Gasteiger partial charge in [0.25, 0.3) is 11.6 Å². The first-order chi connectivity index (χ1) is 16.1. The van der Waals surface area contributed by atoms with Crippen molar-refractivity contribution in [2.45, 2.75) is 11.8 Å². The van der Waals surface area contributed by atoms with Crippen molar-refractivity contribution < 1.29 is 22.9 Å². The predicted octanol–water partition coefficient (Wildman–Crippen LogP) is 2.90. The Morgan fingerprint density at radius 1 is 1.26 bits per heavy atom. The zero-order valence-electron chi connectivity index (χ0n) is 18.8. The quantitative estimate of drug-likeness (QED) is 0.355. The van der Waals surface area contributed by atoms with Gasteiger partial charge in [0.2, 0.25) is 0 Å². The summed E-state index contributed by atoms with van der Waals surface area (Å²) in [7, 11) is -3.52. The van der Waals surface area contributed by atoms with Crippen LogP contribution in [0.4, 0.5) is 10.8 Å². The number of sulfone groups is 1. The molecule has 0 saturated carbocycles. The molecule has 0 N–H and O–H groups in total. The van der Waals surface area contributed by atoms with E-state index in [1.165, 1.54) is 28.4 Å². The fourth-order valence-corrected chi connectivity index (χ4v) is 5.69. The zero-order chi connectivity index (χ0) is 24.5. The molecule has 0 atom stereocenters. The summed E-state index contributed by atoms with van der Waals surface area (Å²) in [6.07, 6.45) is 1.12. The number of aryl methyl sites for hydroxylation is 1. The molecule has 3 aromatic rings. The molecule has 2 aromatic carbocycles. The lowest BCUT2D eigenvalue weighted by Crippen LogP contribution is -2.43. The van der Waals surface area contributed by atoms with Gasteiger partial charge in [-0.15, -0.1) is 0 Å². The summed E-state index contributed by atoms with van der Waals surface area (Å²) < 4.78 is 30.5. The molecular formula is C22H24N4O6S2. The number of hydrogen-bond donors (Lipinski definition) is 0. The van der Waals surface area contributed by atoms with E-state index < -0.39 is 20.7 Å². The van der Waals surface area contributed by atoms with Gasteiger partial charge in [0.1, 0.15) is 5.52 Å². The monoisotopic (exact) mass is 504 g/mol. The number of amides is 1. The van der Waals surface area contributed by atoms with Crippen LogP contribution in [0.5, 0.6) is 0 Å². The molecule has 0 radical (unpaired) electrons. The molecule has 12 heteroatoms. The Morgan fingerprint density at radius 3 is 2.68 bits per heavy atom. The molecule has 1 aliphatic heterocycles. The Hall–Kier alpha value is -2.93. The Morgan fingerprint density at radius 2 is 2.00 bits per heavy atom. The van der Waals surface area contributed by atoms with Crippen molar-refractivity contribution >= 4 is 48.1 Å². The molecule has 4 rings (SSSR count). The molecule has 1 fully saturated rings. The summed E-state index contributed by atoms with van der Waals surface area (Å²) in [4.78, 5) is 32.7. The van der Waals surface area contributed by atoms with Crippen LogP contribution in [0.25, 0.3) is 10.2 Å². The standard InChI is InChI=1S/C22H24N4O6S2/c1-15-6-7-16(14-17(15)26(28)29)21(27)25(9-8-24-10-12-32-13-11-24)22-23-20-18(33-22)4-3-5-19(20)34(2,30)31/h3-7,14H,8-13H2,1-2H3. The van der Waals surface area contributed by atoms with Crippen LogP contribution in [-0.2, 0) is 14.6 Å². The second-order valence-corrected chi connectivity index (χ2v) is 11.0. The number of nitro benzene ring substituents is 1. The van der Waals surface area contributed by atoms with E-state index in [1.807, 2.05) is 0 Å². The summed E-state index contributed by atoms with van der Waals surface area (Å²) in [5.74, 6) is -0.434. The van der Waals surface area contributed by atoms with Crippen LogP contribution in [0.2, 0.25) is 0 Å². The van der Waals surface area contributed by atoms with Gasteiger partial charge in [-0.2, -0.15) is 0 Å². The summed E-state index contributed by atoms with van der Waals surface area (Å²) in [5, 5.41) is 11.8. The van der Waals surface area contributed by atoms with Crippen molar-refractivity contribution in [3.63, 3.8) is 0 Å². The van der Waals surface area contributed by atoms with E-state index in [4.69, 9.17) is 4.74 Å². The summed E-state index contributed by atoms with van der Waals surface area (Å²) in [5.41, 5.74) is 0.799. The van der Waals surface area contributed by atoms with E-state index in [1.54, 1.807) is 31.2 Å². The minimum absolute atomic E-state index is 0.0963. The lowest BCUT2D eigenvalue weighted by Gasteiger charge is -2.29. The fourth-order valence-electron chi connectivity index (χ4n) is 3.77. The maximum absolute atomic E-state index is 13.6. The summed E-state index contributed by atoms with van der Waals surface area (Å²) in [6, 6.07) is 9.27. The first-order valence-corrected chi connectivity index (χ1v) is 13.3. The van der Waals surface area contributed by atoms with Crippen LogP contribution in [0.1, 0.15) is 15.9 Å².